The van der Waals surface area contributed by atoms with Crippen molar-refractivity contribution in [3.8, 4) is 39.3 Å². The molecule has 0 radical (unpaired) electrons. The zero-order valence-electron chi connectivity index (χ0n) is 27.4. The van der Waals surface area contributed by atoms with E-state index in [1.54, 1.807) is 0 Å². The Morgan fingerprint density at radius 3 is 2.24 bits per heavy atom. The zero-order valence-corrected chi connectivity index (χ0v) is 27.4. The number of aromatic nitrogens is 3. The molecule has 5 heteroatoms. The highest BCUT2D eigenvalue weighted by Crippen LogP contribution is 2.44. The molecule has 0 spiro atoms. The summed E-state index contributed by atoms with van der Waals surface area (Å²) in [4.78, 5) is 16.9. The van der Waals surface area contributed by atoms with Crippen LogP contribution in [0.25, 0.3) is 61.1 Å². The van der Waals surface area contributed by atoms with Gasteiger partial charge in [0.05, 0.1) is 28.5 Å². The fourth-order valence-corrected chi connectivity index (χ4v) is 8.08. The van der Waals surface area contributed by atoms with Gasteiger partial charge in [-0.3, -0.25) is 9.98 Å². The van der Waals surface area contributed by atoms with Crippen molar-refractivity contribution in [3.63, 3.8) is 0 Å². The SMILES string of the molecule is C1=CC2=C(CC1)N(c1cccc(-c3cc(-c4ccccc4)cc(-c4cccc(-n5c6ccccc6c6cnccc65)c4)n3)c1)C1C=CN=CC21. The van der Waals surface area contributed by atoms with Gasteiger partial charge in [-0.1, -0.05) is 84.9 Å². The molecule has 0 saturated heterocycles. The molecule has 238 valence electrons. The average molecular weight is 644 g/mol. The van der Waals surface area contributed by atoms with Crippen LogP contribution in [0.1, 0.15) is 12.8 Å². The summed E-state index contributed by atoms with van der Waals surface area (Å²) in [5, 5.41) is 2.34. The third-order valence-electron chi connectivity index (χ3n) is 10.3. The molecule has 0 bridgehead atoms. The molecule has 5 nitrogen and oxygen atoms in total. The first-order valence-corrected chi connectivity index (χ1v) is 17.3. The number of nitrogens with zero attached hydrogens (tertiary/aromatic N) is 5. The highest BCUT2D eigenvalue weighted by molar-refractivity contribution is 6.08. The van der Waals surface area contributed by atoms with Gasteiger partial charge in [-0.2, -0.15) is 0 Å². The topological polar surface area (TPSA) is 46.3 Å². The number of allylic oxidation sites excluding steroid dienone is 3. The summed E-state index contributed by atoms with van der Waals surface area (Å²) >= 11 is 0. The summed E-state index contributed by atoms with van der Waals surface area (Å²) in [5.74, 6) is 0.277. The Kier molecular flexibility index (Phi) is 6.69. The van der Waals surface area contributed by atoms with E-state index >= 15 is 0 Å². The number of benzene rings is 4. The Labute approximate surface area is 290 Å². The summed E-state index contributed by atoms with van der Waals surface area (Å²) in [7, 11) is 0. The number of para-hydroxylation sites is 1. The first kappa shape index (κ1) is 28.7. The number of aliphatic imine (C=N–C) groups is 1. The predicted molar refractivity (Wildman–Crippen MR) is 205 cm³/mol. The van der Waals surface area contributed by atoms with Crippen LogP contribution >= 0.6 is 0 Å². The molecule has 50 heavy (non-hydrogen) atoms. The lowest BCUT2D eigenvalue weighted by Gasteiger charge is -2.31. The Balaban J connectivity index is 1.11. The quantitative estimate of drug-likeness (QED) is 0.188. The Bertz CT molecular complexity index is 2520. The van der Waals surface area contributed by atoms with Gasteiger partial charge in [0.2, 0.25) is 0 Å². The number of pyridine rings is 2. The van der Waals surface area contributed by atoms with Gasteiger partial charge >= 0.3 is 0 Å². The molecule has 1 aliphatic carbocycles. The van der Waals surface area contributed by atoms with Gasteiger partial charge in [0.15, 0.2) is 0 Å². The van der Waals surface area contributed by atoms with Crippen LogP contribution in [0.4, 0.5) is 5.69 Å². The van der Waals surface area contributed by atoms with E-state index in [-0.39, 0.29) is 12.0 Å². The zero-order chi connectivity index (χ0) is 33.0. The molecule has 0 saturated carbocycles. The lowest BCUT2D eigenvalue weighted by molar-refractivity contribution is 0.716. The molecular formula is C45H33N5. The molecule has 2 aliphatic heterocycles. The first-order chi connectivity index (χ1) is 24.8. The van der Waals surface area contributed by atoms with E-state index in [1.165, 1.54) is 22.3 Å². The molecule has 0 N–H and O–H groups in total. The summed E-state index contributed by atoms with van der Waals surface area (Å²) in [5.41, 5.74) is 13.7. The lowest BCUT2D eigenvalue weighted by atomic mass is 9.91. The highest BCUT2D eigenvalue weighted by atomic mass is 15.2. The lowest BCUT2D eigenvalue weighted by Crippen LogP contribution is -2.34. The van der Waals surface area contributed by atoms with Crippen molar-refractivity contribution in [2.45, 2.75) is 18.9 Å². The maximum absolute atomic E-state index is 5.38. The Hall–Kier alpha value is -6.33. The molecule has 2 atom stereocenters. The van der Waals surface area contributed by atoms with Crippen molar-refractivity contribution >= 4 is 33.7 Å². The third-order valence-corrected chi connectivity index (χ3v) is 10.3. The van der Waals surface area contributed by atoms with Crippen molar-refractivity contribution in [2.24, 2.45) is 10.9 Å². The van der Waals surface area contributed by atoms with Crippen LogP contribution in [0, 0.1) is 5.92 Å². The molecule has 2 unspecified atom stereocenters. The van der Waals surface area contributed by atoms with E-state index in [9.17, 15) is 0 Å². The molecule has 5 heterocycles. The Morgan fingerprint density at radius 2 is 1.38 bits per heavy atom. The summed E-state index contributed by atoms with van der Waals surface area (Å²) < 4.78 is 2.33. The van der Waals surface area contributed by atoms with Gasteiger partial charge in [0.1, 0.15) is 0 Å². The molecule has 0 amide bonds. The number of hydrogen-bond donors (Lipinski definition) is 0. The van der Waals surface area contributed by atoms with Gasteiger partial charge < -0.3 is 9.47 Å². The van der Waals surface area contributed by atoms with E-state index in [1.807, 2.05) is 18.6 Å². The molecule has 3 aromatic heterocycles. The maximum atomic E-state index is 5.38. The molecular weight excluding hydrogens is 611 g/mol. The fraction of sp³-hybridized carbons (Fsp3) is 0.0889. The van der Waals surface area contributed by atoms with E-state index < -0.39 is 0 Å². The smallest absolute Gasteiger partial charge is 0.0716 e. The van der Waals surface area contributed by atoms with Crippen molar-refractivity contribution in [1.82, 2.24) is 14.5 Å². The van der Waals surface area contributed by atoms with E-state index in [2.05, 4.69) is 165 Å². The average Bonchev–Trinajstić information content (AvgIpc) is 3.71. The molecule has 10 rings (SSSR count). The highest BCUT2D eigenvalue weighted by Gasteiger charge is 2.39. The monoisotopic (exact) mass is 643 g/mol. The van der Waals surface area contributed by atoms with Crippen molar-refractivity contribution in [3.05, 3.63) is 169 Å². The largest absolute Gasteiger partial charge is 0.337 e. The normalized spacial score (nSPS) is 17.9. The summed E-state index contributed by atoms with van der Waals surface area (Å²) in [6.07, 6.45) is 16.9. The predicted octanol–water partition coefficient (Wildman–Crippen LogP) is 10.6. The van der Waals surface area contributed by atoms with E-state index in [4.69, 9.17) is 4.98 Å². The maximum Gasteiger partial charge on any atom is 0.0716 e. The van der Waals surface area contributed by atoms with E-state index in [0.717, 1.165) is 68.6 Å². The van der Waals surface area contributed by atoms with Gasteiger partial charge in [-0.05, 0) is 84.1 Å². The van der Waals surface area contributed by atoms with Crippen molar-refractivity contribution in [1.29, 1.82) is 0 Å². The van der Waals surface area contributed by atoms with Gasteiger partial charge in [-0.25, -0.2) is 4.98 Å². The molecule has 4 aromatic carbocycles. The molecule has 3 aliphatic rings. The minimum Gasteiger partial charge on any atom is -0.337 e. The van der Waals surface area contributed by atoms with Crippen LogP contribution in [0.2, 0.25) is 0 Å². The van der Waals surface area contributed by atoms with Gasteiger partial charge in [0, 0.05) is 69.7 Å². The molecule has 7 aromatic rings. The number of rotatable bonds is 5. The first-order valence-electron chi connectivity index (χ1n) is 17.3. The Morgan fingerprint density at radius 1 is 0.640 bits per heavy atom. The third kappa shape index (κ3) is 4.66. The summed E-state index contributed by atoms with van der Waals surface area (Å²) in [6, 6.07) is 43.6. The van der Waals surface area contributed by atoms with E-state index in [0.29, 0.717) is 0 Å². The van der Waals surface area contributed by atoms with Crippen LogP contribution < -0.4 is 4.90 Å². The number of anilines is 1. The van der Waals surface area contributed by atoms with Crippen LogP contribution in [-0.2, 0) is 0 Å². The van der Waals surface area contributed by atoms with Gasteiger partial charge in [0.25, 0.3) is 0 Å². The molecule has 0 fully saturated rings. The van der Waals surface area contributed by atoms with Crippen LogP contribution in [0.5, 0.6) is 0 Å². The second-order valence-electron chi connectivity index (χ2n) is 13.2. The minimum absolute atomic E-state index is 0.231. The fourth-order valence-electron chi connectivity index (χ4n) is 8.08. The van der Waals surface area contributed by atoms with Crippen molar-refractivity contribution < 1.29 is 0 Å². The number of fused-ring (bicyclic) bond motifs is 5. The van der Waals surface area contributed by atoms with Crippen LogP contribution in [-0.4, -0.2) is 26.8 Å². The van der Waals surface area contributed by atoms with Gasteiger partial charge in [-0.15, -0.1) is 0 Å². The number of hydrogen-bond acceptors (Lipinski definition) is 4. The van der Waals surface area contributed by atoms with Crippen molar-refractivity contribution in [2.75, 3.05) is 4.90 Å². The van der Waals surface area contributed by atoms with Crippen LogP contribution in [0.3, 0.4) is 0 Å². The second kappa shape index (κ2) is 11.7. The minimum atomic E-state index is 0.231. The van der Waals surface area contributed by atoms with Crippen LogP contribution in [0.15, 0.2) is 174 Å². The standard InChI is InChI=1S/C45H33N5/c1-2-10-30(11-3-1)33-26-40(31-12-8-14-34(24-31)49-42-18-6-4-16-36(42)38-28-46-22-20-44(38)49)48-41(27-33)32-13-9-15-35(25-32)50-43-19-7-5-17-37(43)39-29-47-23-21-45(39)50/h1-6,8-18,20-29,39,45H,7,19H2. The summed E-state index contributed by atoms with van der Waals surface area (Å²) in [6.45, 7) is 0. The second-order valence-corrected chi connectivity index (χ2v) is 13.2.